The number of benzene rings is 2. The van der Waals surface area contributed by atoms with Gasteiger partial charge in [-0.3, -0.25) is 9.69 Å². The number of hydrogen-bond donors (Lipinski definition) is 2. The molecule has 0 aliphatic heterocycles. The van der Waals surface area contributed by atoms with Gasteiger partial charge in [0.2, 0.25) is 15.9 Å². The molecule has 0 saturated carbocycles. The van der Waals surface area contributed by atoms with Gasteiger partial charge >= 0.3 is 0 Å². The molecule has 1 aliphatic rings. The van der Waals surface area contributed by atoms with Crippen LogP contribution in [0.3, 0.4) is 0 Å². The maximum absolute atomic E-state index is 12.3. The molecule has 2 aromatic rings. The Morgan fingerprint density at radius 3 is 2.61 bits per heavy atom. The molecule has 0 unspecified atom stereocenters. The quantitative estimate of drug-likeness (QED) is 0.742. The molecule has 3 N–H and O–H groups in total. The molecular formula is C21H27N3O3S. The number of carbonyl (C=O) groups excluding carboxylic acids is 1. The Labute approximate surface area is 166 Å². The van der Waals surface area contributed by atoms with E-state index in [4.69, 9.17) is 5.14 Å². The van der Waals surface area contributed by atoms with Gasteiger partial charge in [-0.05, 0) is 61.6 Å². The Morgan fingerprint density at radius 1 is 1.18 bits per heavy atom. The molecule has 3 rings (SSSR count). The number of likely N-dealkylation sites (N-methyl/N-ethyl adjacent to an activating group) is 1. The third kappa shape index (κ3) is 5.19. The first kappa shape index (κ1) is 20.5. The molecule has 1 aliphatic carbocycles. The highest BCUT2D eigenvalue weighted by Crippen LogP contribution is 2.33. The molecule has 28 heavy (non-hydrogen) atoms. The summed E-state index contributed by atoms with van der Waals surface area (Å²) in [6.07, 6.45) is 3.95. The molecule has 0 saturated heterocycles. The van der Waals surface area contributed by atoms with Crippen molar-refractivity contribution < 1.29 is 13.2 Å². The summed E-state index contributed by atoms with van der Waals surface area (Å²) < 4.78 is 22.5. The summed E-state index contributed by atoms with van der Waals surface area (Å²) in [5.41, 5.74) is 3.66. The first-order valence-electron chi connectivity index (χ1n) is 9.51. The minimum atomic E-state index is -3.67. The van der Waals surface area contributed by atoms with Gasteiger partial charge in [-0.25, -0.2) is 13.6 Å². The van der Waals surface area contributed by atoms with Gasteiger partial charge in [0.25, 0.3) is 0 Å². The fourth-order valence-corrected chi connectivity index (χ4v) is 4.29. The fourth-order valence-electron chi connectivity index (χ4n) is 3.77. The van der Waals surface area contributed by atoms with E-state index in [2.05, 4.69) is 34.5 Å². The number of aryl methyl sites for hydroxylation is 1. The second kappa shape index (κ2) is 8.86. The van der Waals surface area contributed by atoms with Crippen molar-refractivity contribution in [3.63, 3.8) is 0 Å². The van der Waals surface area contributed by atoms with E-state index in [0.29, 0.717) is 19.5 Å². The van der Waals surface area contributed by atoms with Crippen LogP contribution in [0.2, 0.25) is 0 Å². The second-order valence-electron chi connectivity index (χ2n) is 7.31. The highest BCUT2D eigenvalue weighted by molar-refractivity contribution is 7.89. The van der Waals surface area contributed by atoms with Crippen molar-refractivity contribution in [1.29, 1.82) is 0 Å². The molecule has 0 bridgehead atoms. The van der Waals surface area contributed by atoms with E-state index >= 15 is 0 Å². The minimum Gasteiger partial charge on any atom is -0.355 e. The lowest BCUT2D eigenvalue weighted by Gasteiger charge is -2.32. The molecular weight excluding hydrogens is 374 g/mol. The molecule has 2 aromatic carbocycles. The van der Waals surface area contributed by atoms with Gasteiger partial charge in [-0.15, -0.1) is 0 Å². The van der Waals surface area contributed by atoms with Gasteiger partial charge in [0.1, 0.15) is 0 Å². The van der Waals surface area contributed by atoms with Crippen molar-refractivity contribution in [2.45, 2.75) is 36.6 Å². The molecule has 1 amide bonds. The zero-order chi connectivity index (χ0) is 20.1. The SMILES string of the molecule is CN(CC(=O)NCCc1ccc(S(N)(=O)=O)cc1)[C@H]1CCCc2ccccc21. The van der Waals surface area contributed by atoms with Crippen LogP contribution in [0.25, 0.3) is 0 Å². The number of sulfonamides is 1. The maximum Gasteiger partial charge on any atom is 0.238 e. The summed E-state index contributed by atoms with van der Waals surface area (Å²) in [5.74, 6) is -0.00768. The lowest BCUT2D eigenvalue weighted by molar-refractivity contribution is -0.122. The number of fused-ring (bicyclic) bond motifs is 1. The third-order valence-electron chi connectivity index (χ3n) is 5.25. The van der Waals surface area contributed by atoms with Crippen molar-refractivity contribution in [2.24, 2.45) is 5.14 Å². The van der Waals surface area contributed by atoms with Gasteiger partial charge < -0.3 is 5.32 Å². The van der Waals surface area contributed by atoms with Gasteiger partial charge in [-0.1, -0.05) is 36.4 Å². The zero-order valence-electron chi connectivity index (χ0n) is 16.1. The number of nitrogens with one attached hydrogen (secondary N) is 1. The summed E-state index contributed by atoms with van der Waals surface area (Å²) in [6.45, 7) is 0.853. The van der Waals surface area contributed by atoms with Crippen LogP contribution in [-0.2, 0) is 27.7 Å². The molecule has 0 heterocycles. The van der Waals surface area contributed by atoms with Crippen molar-refractivity contribution in [3.05, 3.63) is 65.2 Å². The zero-order valence-corrected chi connectivity index (χ0v) is 16.9. The van der Waals surface area contributed by atoms with E-state index in [9.17, 15) is 13.2 Å². The van der Waals surface area contributed by atoms with Crippen LogP contribution in [0.4, 0.5) is 0 Å². The van der Waals surface area contributed by atoms with Crippen LogP contribution in [0.5, 0.6) is 0 Å². The van der Waals surface area contributed by atoms with Gasteiger partial charge in [0.15, 0.2) is 0 Å². The molecule has 0 aromatic heterocycles. The summed E-state index contributed by atoms with van der Waals surface area (Å²) in [7, 11) is -1.68. The first-order valence-corrected chi connectivity index (χ1v) is 11.1. The van der Waals surface area contributed by atoms with Crippen molar-refractivity contribution >= 4 is 15.9 Å². The van der Waals surface area contributed by atoms with Gasteiger partial charge in [0.05, 0.1) is 11.4 Å². The Hall–Kier alpha value is -2.22. The summed E-state index contributed by atoms with van der Waals surface area (Å²) in [5, 5.41) is 8.04. The normalized spacial score (nSPS) is 16.6. The van der Waals surface area contributed by atoms with Crippen molar-refractivity contribution in [3.8, 4) is 0 Å². The number of carbonyl (C=O) groups is 1. The maximum atomic E-state index is 12.3. The monoisotopic (exact) mass is 401 g/mol. The van der Waals surface area contributed by atoms with Crippen LogP contribution < -0.4 is 10.5 Å². The number of rotatable bonds is 7. The first-order chi connectivity index (χ1) is 13.3. The van der Waals surface area contributed by atoms with Crippen molar-refractivity contribution in [1.82, 2.24) is 10.2 Å². The lowest BCUT2D eigenvalue weighted by Crippen LogP contribution is -2.38. The van der Waals surface area contributed by atoms with E-state index in [0.717, 1.165) is 24.8 Å². The number of nitrogens with two attached hydrogens (primary N) is 1. The summed E-state index contributed by atoms with van der Waals surface area (Å²) >= 11 is 0. The highest BCUT2D eigenvalue weighted by atomic mass is 32.2. The Bertz CT molecular complexity index is 926. The Kier molecular flexibility index (Phi) is 6.49. The van der Waals surface area contributed by atoms with Gasteiger partial charge in [-0.2, -0.15) is 0 Å². The number of primary sulfonamides is 1. The van der Waals surface area contributed by atoms with Crippen LogP contribution in [0, 0.1) is 0 Å². The Balaban J connectivity index is 1.48. The van der Waals surface area contributed by atoms with E-state index in [1.54, 1.807) is 12.1 Å². The molecule has 0 spiro atoms. The smallest absolute Gasteiger partial charge is 0.238 e. The average molecular weight is 402 g/mol. The second-order valence-corrected chi connectivity index (χ2v) is 8.87. The predicted octanol–water partition coefficient (Wildman–Crippen LogP) is 2.00. The Morgan fingerprint density at radius 2 is 1.89 bits per heavy atom. The number of amides is 1. The molecule has 1 atom stereocenters. The number of nitrogens with zero attached hydrogens (tertiary/aromatic N) is 1. The summed E-state index contributed by atoms with van der Waals surface area (Å²) in [6, 6.07) is 15.2. The largest absolute Gasteiger partial charge is 0.355 e. The highest BCUT2D eigenvalue weighted by Gasteiger charge is 2.24. The predicted molar refractivity (Wildman–Crippen MR) is 109 cm³/mol. The summed E-state index contributed by atoms with van der Waals surface area (Å²) in [4.78, 5) is 14.5. The molecule has 6 nitrogen and oxygen atoms in total. The molecule has 0 radical (unpaired) electrons. The van der Waals surface area contributed by atoms with E-state index in [-0.39, 0.29) is 16.8 Å². The van der Waals surface area contributed by atoms with Crippen LogP contribution in [0.1, 0.15) is 35.6 Å². The molecule has 0 fully saturated rings. The molecule has 7 heteroatoms. The number of hydrogen-bond acceptors (Lipinski definition) is 4. The fraction of sp³-hybridized carbons (Fsp3) is 0.381. The third-order valence-corrected chi connectivity index (χ3v) is 6.18. The van der Waals surface area contributed by atoms with E-state index in [1.165, 1.54) is 23.3 Å². The minimum absolute atomic E-state index is 0.00768. The van der Waals surface area contributed by atoms with Crippen LogP contribution in [0.15, 0.2) is 53.4 Å². The molecule has 150 valence electrons. The topological polar surface area (TPSA) is 92.5 Å². The van der Waals surface area contributed by atoms with Crippen molar-refractivity contribution in [2.75, 3.05) is 20.1 Å². The standard InChI is InChI=1S/C21H27N3O3S/c1-24(20-8-4-6-17-5-2-3-7-19(17)20)15-21(25)23-14-13-16-9-11-18(12-10-16)28(22,26)27/h2-3,5,7,9-12,20H,4,6,8,13-15H2,1H3,(H,23,25)(H2,22,26,27)/t20-/m0/s1. The van der Waals surface area contributed by atoms with E-state index < -0.39 is 10.0 Å². The van der Waals surface area contributed by atoms with Crippen LogP contribution in [-0.4, -0.2) is 39.4 Å². The van der Waals surface area contributed by atoms with E-state index in [1.807, 2.05) is 7.05 Å². The van der Waals surface area contributed by atoms with Crippen LogP contribution >= 0.6 is 0 Å². The average Bonchev–Trinajstić information content (AvgIpc) is 2.67. The lowest BCUT2D eigenvalue weighted by atomic mass is 9.87. The van der Waals surface area contributed by atoms with Gasteiger partial charge in [0, 0.05) is 12.6 Å².